The van der Waals surface area contributed by atoms with Gasteiger partial charge in [-0.2, -0.15) is 4.31 Å². The first-order valence-corrected chi connectivity index (χ1v) is 6.72. The van der Waals surface area contributed by atoms with Crippen molar-refractivity contribution in [2.45, 2.75) is 4.90 Å². The lowest BCUT2D eigenvalue weighted by Gasteiger charge is -2.36. The molecule has 88 valence electrons. The van der Waals surface area contributed by atoms with Crippen molar-refractivity contribution in [2.24, 2.45) is 5.92 Å². The molecular weight excluding hydrogens is 250 g/mol. The van der Waals surface area contributed by atoms with Crippen molar-refractivity contribution >= 4 is 21.6 Å². The Kier molecular flexibility index (Phi) is 3.21. The van der Waals surface area contributed by atoms with Crippen LogP contribution in [0.1, 0.15) is 0 Å². The fourth-order valence-electron chi connectivity index (χ4n) is 1.59. The zero-order valence-electron chi connectivity index (χ0n) is 8.51. The number of sulfonamides is 1. The van der Waals surface area contributed by atoms with Crippen molar-refractivity contribution in [3.8, 4) is 0 Å². The summed E-state index contributed by atoms with van der Waals surface area (Å²) >= 11 is 5.69. The van der Waals surface area contributed by atoms with Gasteiger partial charge in [-0.05, 0) is 24.3 Å². The van der Waals surface area contributed by atoms with E-state index in [1.807, 2.05) is 0 Å². The fraction of sp³-hybridized carbons (Fsp3) is 0.400. The molecule has 0 bridgehead atoms. The van der Waals surface area contributed by atoms with Gasteiger partial charge in [-0.3, -0.25) is 0 Å². The second kappa shape index (κ2) is 4.33. The first kappa shape index (κ1) is 11.9. The SMILES string of the molecule is O=S(=O)(c1ccc(Cl)cc1)N1CC(CO)C1. The standard InChI is InChI=1S/C10H12ClNO3S/c11-9-1-3-10(4-2-9)16(14,15)12-5-8(6-12)7-13/h1-4,8,13H,5-7H2. The first-order valence-electron chi connectivity index (χ1n) is 4.90. The monoisotopic (exact) mass is 261 g/mol. The Morgan fingerprint density at radius 3 is 2.38 bits per heavy atom. The molecule has 0 unspecified atom stereocenters. The van der Waals surface area contributed by atoms with E-state index in [2.05, 4.69) is 0 Å². The molecule has 0 saturated carbocycles. The smallest absolute Gasteiger partial charge is 0.243 e. The van der Waals surface area contributed by atoms with Crippen LogP contribution in [0.25, 0.3) is 0 Å². The Labute approximate surface area is 99.5 Å². The number of aliphatic hydroxyl groups excluding tert-OH is 1. The van der Waals surface area contributed by atoms with Crippen LogP contribution < -0.4 is 0 Å². The molecule has 16 heavy (non-hydrogen) atoms. The van der Waals surface area contributed by atoms with E-state index in [1.54, 1.807) is 12.1 Å². The topological polar surface area (TPSA) is 57.6 Å². The number of benzene rings is 1. The highest BCUT2D eigenvalue weighted by atomic mass is 35.5. The maximum Gasteiger partial charge on any atom is 0.243 e. The van der Waals surface area contributed by atoms with Gasteiger partial charge in [-0.1, -0.05) is 11.6 Å². The van der Waals surface area contributed by atoms with E-state index in [0.717, 1.165) is 0 Å². The van der Waals surface area contributed by atoms with E-state index < -0.39 is 10.0 Å². The van der Waals surface area contributed by atoms with Crippen LogP contribution in [0.3, 0.4) is 0 Å². The van der Waals surface area contributed by atoms with Gasteiger partial charge in [0.25, 0.3) is 0 Å². The Hall–Kier alpha value is -0.620. The molecule has 1 aliphatic rings. The lowest BCUT2D eigenvalue weighted by molar-refractivity contribution is 0.117. The summed E-state index contributed by atoms with van der Waals surface area (Å²) < 4.78 is 25.3. The molecule has 1 heterocycles. The van der Waals surface area contributed by atoms with Crippen molar-refractivity contribution in [3.63, 3.8) is 0 Å². The predicted octanol–water partition coefficient (Wildman–Crippen LogP) is 0.953. The Morgan fingerprint density at radius 1 is 1.31 bits per heavy atom. The van der Waals surface area contributed by atoms with Crippen LogP contribution in [0, 0.1) is 5.92 Å². The molecule has 0 radical (unpaired) electrons. The molecule has 0 spiro atoms. The molecule has 0 atom stereocenters. The zero-order valence-corrected chi connectivity index (χ0v) is 10.1. The van der Waals surface area contributed by atoms with Crippen LogP contribution in [0.15, 0.2) is 29.2 Å². The van der Waals surface area contributed by atoms with Gasteiger partial charge in [-0.15, -0.1) is 0 Å². The van der Waals surface area contributed by atoms with Crippen LogP contribution >= 0.6 is 11.6 Å². The highest BCUT2D eigenvalue weighted by Crippen LogP contribution is 2.25. The molecule has 2 rings (SSSR count). The van der Waals surface area contributed by atoms with Crippen LogP contribution in [-0.4, -0.2) is 37.5 Å². The summed E-state index contributed by atoms with van der Waals surface area (Å²) in [6.45, 7) is 0.815. The van der Waals surface area contributed by atoms with Gasteiger partial charge >= 0.3 is 0 Å². The average molecular weight is 262 g/mol. The van der Waals surface area contributed by atoms with Gasteiger partial charge in [-0.25, -0.2) is 8.42 Å². The molecule has 4 nitrogen and oxygen atoms in total. The van der Waals surface area contributed by atoms with E-state index in [4.69, 9.17) is 16.7 Å². The summed E-state index contributed by atoms with van der Waals surface area (Å²) in [6, 6.07) is 6.09. The van der Waals surface area contributed by atoms with Gasteiger partial charge < -0.3 is 5.11 Å². The minimum Gasteiger partial charge on any atom is -0.396 e. The van der Waals surface area contributed by atoms with Gasteiger partial charge in [0.15, 0.2) is 0 Å². The maximum atomic E-state index is 12.0. The molecule has 0 aliphatic carbocycles. The highest BCUT2D eigenvalue weighted by Gasteiger charge is 2.35. The summed E-state index contributed by atoms with van der Waals surface area (Å²) in [5.41, 5.74) is 0. The number of nitrogens with zero attached hydrogens (tertiary/aromatic N) is 1. The van der Waals surface area contributed by atoms with Crippen molar-refractivity contribution in [3.05, 3.63) is 29.3 Å². The number of rotatable bonds is 3. The van der Waals surface area contributed by atoms with E-state index in [0.29, 0.717) is 18.1 Å². The summed E-state index contributed by atoms with van der Waals surface area (Å²) in [5, 5.41) is 9.35. The minimum absolute atomic E-state index is 0.0344. The molecule has 1 aromatic rings. The molecule has 1 saturated heterocycles. The molecule has 1 fully saturated rings. The van der Waals surface area contributed by atoms with Crippen LogP contribution in [0.2, 0.25) is 5.02 Å². The van der Waals surface area contributed by atoms with Crippen molar-refractivity contribution < 1.29 is 13.5 Å². The number of hydrogen-bond donors (Lipinski definition) is 1. The van der Waals surface area contributed by atoms with E-state index in [9.17, 15) is 8.42 Å². The first-order chi connectivity index (χ1) is 7.54. The predicted molar refractivity (Wildman–Crippen MR) is 60.8 cm³/mol. The van der Waals surface area contributed by atoms with Gasteiger partial charge in [0, 0.05) is 30.6 Å². The Bertz CT molecular complexity index is 465. The number of aliphatic hydroxyl groups is 1. The normalized spacial score (nSPS) is 18.4. The van der Waals surface area contributed by atoms with Crippen LogP contribution in [0.4, 0.5) is 0 Å². The van der Waals surface area contributed by atoms with Crippen molar-refractivity contribution in [1.82, 2.24) is 4.31 Å². The molecule has 1 N–H and O–H groups in total. The van der Waals surface area contributed by atoms with E-state index in [1.165, 1.54) is 16.4 Å². The minimum atomic E-state index is -3.40. The third kappa shape index (κ3) is 2.08. The molecule has 1 aliphatic heterocycles. The molecule has 0 amide bonds. The molecule has 6 heteroatoms. The van der Waals surface area contributed by atoms with E-state index in [-0.39, 0.29) is 17.4 Å². The van der Waals surface area contributed by atoms with E-state index >= 15 is 0 Å². The molecular formula is C10H12ClNO3S. The average Bonchev–Trinajstić information content (AvgIpc) is 2.16. The largest absolute Gasteiger partial charge is 0.396 e. The van der Waals surface area contributed by atoms with Crippen molar-refractivity contribution in [1.29, 1.82) is 0 Å². The second-order valence-corrected chi connectivity index (χ2v) is 6.20. The summed E-state index contributed by atoms with van der Waals surface area (Å²) in [6.07, 6.45) is 0. The quantitative estimate of drug-likeness (QED) is 0.882. The molecule has 1 aromatic carbocycles. The second-order valence-electron chi connectivity index (χ2n) is 3.82. The number of halogens is 1. The fourth-order valence-corrected chi connectivity index (χ4v) is 3.31. The maximum absolute atomic E-state index is 12.0. The highest BCUT2D eigenvalue weighted by molar-refractivity contribution is 7.89. The van der Waals surface area contributed by atoms with Crippen molar-refractivity contribution in [2.75, 3.05) is 19.7 Å². The lowest BCUT2D eigenvalue weighted by Crippen LogP contribution is -2.51. The van der Waals surface area contributed by atoms with Gasteiger partial charge in [0.05, 0.1) is 4.90 Å². The van der Waals surface area contributed by atoms with Crippen LogP contribution in [-0.2, 0) is 10.0 Å². The summed E-state index contributed by atoms with van der Waals surface area (Å²) in [7, 11) is -3.40. The summed E-state index contributed by atoms with van der Waals surface area (Å²) in [5.74, 6) is 0.0714. The van der Waals surface area contributed by atoms with Crippen LogP contribution in [0.5, 0.6) is 0 Å². The Balaban J connectivity index is 2.17. The van der Waals surface area contributed by atoms with Gasteiger partial charge in [0.1, 0.15) is 0 Å². The zero-order chi connectivity index (χ0) is 11.8. The molecule has 0 aromatic heterocycles. The van der Waals surface area contributed by atoms with Gasteiger partial charge in [0.2, 0.25) is 10.0 Å². The third-order valence-electron chi connectivity index (χ3n) is 2.63. The third-order valence-corrected chi connectivity index (χ3v) is 4.73. The summed E-state index contributed by atoms with van der Waals surface area (Å²) in [4.78, 5) is 0.244. The number of hydrogen-bond acceptors (Lipinski definition) is 3. The lowest BCUT2D eigenvalue weighted by atomic mass is 10.1. The Morgan fingerprint density at radius 2 is 1.88 bits per heavy atom.